The van der Waals surface area contributed by atoms with Gasteiger partial charge in [0, 0.05) is 33.0 Å². The number of methoxy groups -OCH3 is 1. The van der Waals surface area contributed by atoms with Crippen molar-refractivity contribution in [1.82, 2.24) is 15.0 Å². The molecule has 0 bridgehead atoms. The number of hydrogen-bond donors (Lipinski definition) is 0. The summed E-state index contributed by atoms with van der Waals surface area (Å²) in [4.78, 5) is 18.6. The second-order valence-corrected chi connectivity index (χ2v) is 7.09. The number of ether oxygens (including phenoxy) is 1. The van der Waals surface area contributed by atoms with E-state index in [0.717, 1.165) is 19.4 Å². The van der Waals surface area contributed by atoms with Crippen LogP contribution in [0.3, 0.4) is 0 Å². The van der Waals surface area contributed by atoms with Crippen molar-refractivity contribution in [3.05, 3.63) is 47.1 Å². The average molecular weight is 357 g/mol. The first-order valence-corrected chi connectivity index (χ1v) is 9.20. The summed E-state index contributed by atoms with van der Waals surface area (Å²) in [5.74, 6) is 1.68. The first-order chi connectivity index (χ1) is 12.5. The molecule has 0 N–H and O–H groups in total. The molecule has 2 heterocycles. The molecular weight excluding hydrogens is 330 g/mol. The van der Waals surface area contributed by atoms with Gasteiger partial charge in [-0.25, -0.2) is 0 Å². The highest BCUT2D eigenvalue weighted by Gasteiger charge is 2.31. The zero-order valence-electron chi connectivity index (χ0n) is 15.8. The van der Waals surface area contributed by atoms with E-state index in [9.17, 15) is 4.79 Å². The number of likely N-dealkylation sites (tertiary alicyclic amines) is 1. The quantitative estimate of drug-likeness (QED) is 0.795. The van der Waals surface area contributed by atoms with Gasteiger partial charge in [-0.1, -0.05) is 35.0 Å². The third-order valence-electron chi connectivity index (χ3n) is 5.09. The highest BCUT2D eigenvalue weighted by molar-refractivity contribution is 5.76. The molecular formula is C20H27N3O3. The summed E-state index contributed by atoms with van der Waals surface area (Å²) in [5, 5.41) is 3.76. The van der Waals surface area contributed by atoms with E-state index < -0.39 is 0 Å². The van der Waals surface area contributed by atoms with E-state index in [1.54, 1.807) is 14.0 Å². The van der Waals surface area contributed by atoms with Crippen molar-refractivity contribution in [2.24, 2.45) is 5.92 Å². The summed E-state index contributed by atoms with van der Waals surface area (Å²) >= 11 is 0. The van der Waals surface area contributed by atoms with E-state index in [4.69, 9.17) is 9.26 Å². The Bertz CT molecular complexity index is 726. The van der Waals surface area contributed by atoms with Crippen LogP contribution in [0, 0.1) is 19.8 Å². The van der Waals surface area contributed by atoms with Gasteiger partial charge in [-0.2, -0.15) is 4.98 Å². The third kappa shape index (κ3) is 4.69. The molecule has 6 heteroatoms. The summed E-state index contributed by atoms with van der Waals surface area (Å²) in [7, 11) is 1.74. The maximum atomic E-state index is 12.5. The van der Waals surface area contributed by atoms with E-state index in [2.05, 4.69) is 41.3 Å². The number of benzene rings is 1. The van der Waals surface area contributed by atoms with Crippen LogP contribution in [0.25, 0.3) is 0 Å². The lowest BCUT2D eigenvalue weighted by atomic mass is 9.87. The molecule has 0 radical (unpaired) electrons. The molecule has 140 valence electrons. The number of rotatable bonds is 6. The standard InChI is InChI=1S/C20H27N3O3/c1-14-4-6-16(7-5-14)12-17-10-11-23(13-18(17)25-3)20(24)9-8-19-21-15(2)22-26-19/h4-7,17-18H,8-13H2,1-3H3/t17-,18+/m1/s1. The van der Waals surface area contributed by atoms with Crippen LogP contribution < -0.4 is 0 Å². The van der Waals surface area contributed by atoms with Crippen LogP contribution in [0.2, 0.25) is 0 Å². The maximum absolute atomic E-state index is 12.5. The number of aryl methyl sites for hydroxylation is 3. The zero-order valence-corrected chi connectivity index (χ0v) is 15.8. The van der Waals surface area contributed by atoms with Crippen LogP contribution in [-0.2, 0) is 22.4 Å². The van der Waals surface area contributed by atoms with Crippen LogP contribution >= 0.6 is 0 Å². The molecule has 0 spiro atoms. The fourth-order valence-electron chi connectivity index (χ4n) is 3.53. The van der Waals surface area contributed by atoms with Crippen LogP contribution in [0.15, 0.2) is 28.8 Å². The highest BCUT2D eigenvalue weighted by atomic mass is 16.5. The normalized spacial score (nSPS) is 20.3. The minimum Gasteiger partial charge on any atom is -0.379 e. The van der Waals surface area contributed by atoms with E-state index in [1.807, 2.05) is 4.90 Å². The third-order valence-corrected chi connectivity index (χ3v) is 5.09. The fraction of sp³-hybridized carbons (Fsp3) is 0.550. The van der Waals surface area contributed by atoms with Crippen molar-refractivity contribution >= 4 is 5.91 Å². The Morgan fingerprint density at radius 3 is 2.73 bits per heavy atom. The second kappa shape index (κ2) is 8.45. The van der Waals surface area contributed by atoms with Gasteiger partial charge < -0.3 is 14.2 Å². The molecule has 1 aliphatic rings. The molecule has 1 fully saturated rings. The lowest BCUT2D eigenvalue weighted by Gasteiger charge is -2.38. The lowest BCUT2D eigenvalue weighted by Crippen LogP contribution is -2.48. The molecule has 1 aromatic carbocycles. The number of nitrogens with zero attached hydrogens (tertiary/aromatic N) is 3. The van der Waals surface area contributed by atoms with Gasteiger partial charge in [-0.3, -0.25) is 4.79 Å². The Morgan fingerprint density at radius 1 is 1.31 bits per heavy atom. The summed E-state index contributed by atoms with van der Waals surface area (Å²) in [5.41, 5.74) is 2.60. The highest BCUT2D eigenvalue weighted by Crippen LogP contribution is 2.25. The van der Waals surface area contributed by atoms with Gasteiger partial charge in [0.1, 0.15) is 0 Å². The molecule has 0 saturated carbocycles. The minimum atomic E-state index is 0.0691. The molecule has 1 amide bonds. The molecule has 0 unspecified atom stereocenters. The number of carbonyl (C=O) groups is 1. The molecule has 2 atom stereocenters. The monoisotopic (exact) mass is 357 g/mol. The Hall–Kier alpha value is -2.21. The van der Waals surface area contributed by atoms with Crippen LogP contribution in [0.4, 0.5) is 0 Å². The molecule has 0 aliphatic carbocycles. The van der Waals surface area contributed by atoms with Gasteiger partial charge in [0.25, 0.3) is 0 Å². The SMILES string of the molecule is CO[C@H]1CN(C(=O)CCc2nc(C)no2)CC[C@@H]1Cc1ccc(C)cc1. The number of amides is 1. The van der Waals surface area contributed by atoms with Gasteiger partial charge in [0.2, 0.25) is 11.8 Å². The number of aromatic nitrogens is 2. The Balaban J connectivity index is 1.53. The first kappa shape index (κ1) is 18.6. The molecule has 6 nitrogen and oxygen atoms in total. The topological polar surface area (TPSA) is 68.5 Å². The summed E-state index contributed by atoms with van der Waals surface area (Å²) in [6.45, 7) is 5.30. The van der Waals surface area contributed by atoms with E-state index in [1.165, 1.54) is 11.1 Å². The zero-order chi connectivity index (χ0) is 18.5. The van der Waals surface area contributed by atoms with Gasteiger partial charge in [-0.15, -0.1) is 0 Å². The second-order valence-electron chi connectivity index (χ2n) is 7.09. The number of carbonyl (C=O) groups excluding carboxylic acids is 1. The minimum absolute atomic E-state index is 0.0691. The van der Waals surface area contributed by atoms with Gasteiger partial charge in [0.15, 0.2) is 5.82 Å². The summed E-state index contributed by atoms with van der Waals surface area (Å²) in [6.07, 6.45) is 2.89. The first-order valence-electron chi connectivity index (χ1n) is 9.20. The summed E-state index contributed by atoms with van der Waals surface area (Å²) < 4.78 is 10.8. The molecule has 2 aromatic rings. The largest absolute Gasteiger partial charge is 0.379 e. The van der Waals surface area contributed by atoms with Gasteiger partial charge >= 0.3 is 0 Å². The van der Waals surface area contributed by atoms with Crippen molar-refractivity contribution in [3.8, 4) is 0 Å². The van der Waals surface area contributed by atoms with Gasteiger partial charge in [0.05, 0.1) is 6.10 Å². The fourth-order valence-corrected chi connectivity index (χ4v) is 3.53. The van der Waals surface area contributed by atoms with Crippen LogP contribution in [0.5, 0.6) is 0 Å². The smallest absolute Gasteiger partial charge is 0.227 e. The van der Waals surface area contributed by atoms with Crippen molar-refractivity contribution in [2.45, 2.75) is 45.6 Å². The Kier molecular flexibility index (Phi) is 6.04. The van der Waals surface area contributed by atoms with Crippen molar-refractivity contribution in [3.63, 3.8) is 0 Å². The predicted octanol–water partition coefficient (Wildman–Crippen LogP) is 2.73. The average Bonchev–Trinajstić information content (AvgIpc) is 3.07. The van der Waals surface area contributed by atoms with E-state index >= 15 is 0 Å². The molecule has 3 rings (SSSR count). The number of piperidine rings is 1. The maximum Gasteiger partial charge on any atom is 0.227 e. The Morgan fingerprint density at radius 2 is 2.08 bits per heavy atom. The molecule has 1 aromatic heterocycles. The van der Waals surface area contributed by atoms with Crippen molar-refractivity contribution < 1.29 is 14.1 Å². The van der Waals surface area contributed by atoms with Crippen LogP contribution in [-0.4, -0.2) is 47.3 Å². The van der Waals surface area contributed by atoms with Crippen LogP contribution in [0.1, 0.15) is 35.7 Å². The van der Waals surface area contributed by atoms with E-state index in [0.29, 0.717) is 37.0 Å². The Labute approximate surface area is 154 Å². The predicted molar refractivity (Wildman–Crippen MR) is 97.7 cm³/mol. The van der Waals surface area contributed by atoms with Crippen molar-refractivity contribution in [1.29, 1.82) is 0 Å². The lowest BCUT2D eigenvalue weighted by molar-refractivity contribution is -0.136. The summed E-state index contributed by atoms with van der Waals surface area (Å²) in [6, 6.07) is 8.67. The number of hydrogen-bond acceptors (Lipinski definition) is 5. The molecule has 1 aliphatic heterocycles. The van der Waals surface area contributed by atoms with E-state index in [-0.39, 0.29) is 12.0 Å². The van der Waals surface area contributed by atoms with Gasteiger partial charge in [-0.05, 0) is 38.2 Å². The molecule has 26 heavy (non-hydrogen) atoms. The molecule has 1 saturated heterocycles. The van der Waals surface area contributed by atoms with Crippen molar-refractivity contribution in [2.75, 3.05) is 20.2 Å².